The fourth-order valence-electron chi connectivity index (χ4n) is 3.90. The summed E-state index contributed by atoms with van der Waals surface area (Å²) in [5.74, 6) is -0.303. The minimum absolute atomic E-state index is 0.0766. The lowest BCUT2D eigenvalue weighted by Gasteiger charge is -2.34. The summed E-state index contributed by atoms with van der Waals surface area (Å²) in [6.45, 7) is 3.85. The molecule has 1 amide bonds. The van der Waals surface area contributed by atoms with Crippen molar-refractivity contribution in [2.75, 3.05) is 26.2 Å². The minimum atomic E-state index is -3.77. The van der Waals surface area contributed by atoms with E-state index in [2.05, 4.69) is 21.1 Å². The van der Waals surface area contributed by atoms with Crippen LogP contribution in [0, 0.1) is 13.8 Å². The zero-order valence-corrected chi connectivity index (χ0v) is 20.5. The Morgan fingerprint density at radius 3 is 2.12 bits per heavy atom. The van der Waals surface area contributed by atoms with Gasteiger partial charge < -0.3 is 9.42 Å². The van der Waals surface area contributed by atoms with Gasteiger partial charge in [-0.05, 0) is 44.2 Å². The van der Waals surface area contributed by atoms with Gasteiger partial charge in [-0.3, -0.25) is 9.59 Å². The van der Waals surface area contributed by atoms with Crippen LogP contribution in [0.15, 0.2) is 62.4 Å². The number of carbonyl (C=O) groups is 2. The first-order chi connectivity index (χ1) is 15.7. The van der Waals surface area contributed by atoms with E-state index < -0.39 is 10.0 Å². The standard InChI is InChI=1S/C23H22BrN3O5S/c1-15-22(16(2)32-25-15)33(30,31)27-13-11-26(12-14-27)23(29)20-6-4-3-5-19(20)21(28)17-7-9-18(24)10-8-17/h3-10H,11-14H2,1-2H3. The molecule has 0 unspecified atom stereocenters. The Labute approximate surface area is 200 Å². The molecule has 2 heterocycles. The Morgan fingerprint density at radius 2 is 1.55 bits per heavy atom. The molecule has 0 radical (unpaired) electrons. The number of amides is 1. The maximum absolute atomic E-state index is 13.3. The van der Waals surface area contributed by atoms with Gasteiger partial charge in [0.2, 0.25) is 10.0 Å². The van der Waals surface area contributed by atoms with Crippen LogP contribution in [-0.4, -0.2) is 60.6 Å². The zero-order valence-electron chi connectivity index (χ0n) is 18.1. The maximum atomic E-state index is 13.3. The number of piperazine rings is 1. The molecule has 0 bridgehead atoms. The SMILES string of the molecule is Cc1noc(C)c1S(=O)(=O)N1CCN(C(=O)c2ccccc2C(=O)c2ccc(Br)cc2)CC1. The van der Waals surface area contributed by atoms with E-state index in [9.17, 15) is 18.0 Å². The first kappa shape index (κ1) is 23.3. The molecule has 0 atom stereocenters. The summed E-state index contributed by atoms with van der Waals surface area (Å²) in [4.78, 5) is 28.0. The van der Waals surface area contributed by atoms with Crippen LogP contribution in [0.3, 0.4) is 0 Å². The van der Waals surface area contributed by atoms with E-state index >= 15 is 0 Å². The van der Waals surface area contributed by atoms with Crippen molar-refractivity contribution in [3.05, 3.63) is 81.1 Å². The molecule has 0 aliphatic carbocycles. The number of benzene rings is 2. The molecule has 4 rings (SSSR count). The minimum Gasteiger partial charge on any atom is -0.360 e. The molecule has 1 aromatic heterocycles. The van der Waals surface area contributed by atoms with Crippen molar-refractivity contribution < 1.29 is 22.5 Å². The number of ketones is 1. The first-order valence-electron chi connectivity index (χ1n) is 10.3. The van der Waals surface area contributed by atoms with E-state index in [0.29, 0.717) is 22.4 Å². The predicted octanol–water partition coefficient (Wildman–Crippen LogP) is 3.43. The van der Waals surface area contributed by atoms with Crippen LogP contribution >= 0.6 is 15.9 Å². The van der Waals surface area contributed by atoms with Crippen LogP contribution in [0.4, 0.5) is 0 Å². The topological polar surface area (TPSA) is 101 Å². The van der Waals surface area contributed by atoms with Crippen molar-refractivity contribution in [1.82, 2.24) is 14.4 Å². The van der Waals surface area contributed by atoms with E-state index in [-0.39, 0.29) is 48.5 Å². The third kappa shape index (κ3) is 4.50. The molecule has 1 aliphatic heterocycles. The smallest absolute Gasteiger partial charge is 0.254 e. The first-order valence-corrected chi connectivity index (χ1v) is 12.5. The highest BCUT2D eigenvalue weighted by Crippen LogP contribution is 2.25. The fraction of sp³-hybridized carbons (Fsp3) is 0.261. The van der Waals surface area contributed by atoms with Crippen molar-refractivity contribution in [3.63, 3.8) is 0 Å². The molecule has 1 saturated heterocycles. The maximum Gasteiger partial charge on any atom is 0.254 e. The lowest BCUT2D eigenvalue weighted by molar-refractivity contribution is 0.0694. The van der Waals surface area contributed by atoms with Crippen LogP contribution in [0.1, 0.15) is 37.7 Å². The zero-order chi connectivity index (χ0) is 23.8. The summed E-state index contributed by atoms with van der Waals surface area (Å²) in [7, 11) is -3.77. The largest absolute Gasteiger partial charge is 0.360 e. The molecule has 0 N–H and O–H groups in total. The molecular formula is C23H22BrN3O5S. The van der Waals surface area contributed by atoms with E-state index in [1.54, 1.807) is 67.3 Å². The number of hydrogen-bond acceptors (Lipinski definition) is 6. The van der Waals surface area contributed by atoms with Crippen LogP contribution in [0.25, 0.3) is 0 Å². The van der Waals surface area contributed by atoms with E-state index in [0.717, 1.165) is 4.47 Å². The number of carbonyl (C=O) groups excluding carboxylic acids is 2. The molecule has 8 nitrogen and oxygen atoms in total. The molecule has 2 aromatic carbocycles. The van der Waals surface area contributed by atoms with Crippen molar-refractivity contribution in [2.24, 2.45) is 0 Å². The highest BCUT2D eigenvalue weighted by Gasteiger charge is 2.35. The summed E-state index contributed by atoms with van der Waals surface area (Å²) in [5, 5.41) is 3.74. The summed E-state index contributed by atoms with van der Waals surface area (Å²) in [6, 6.07) is 13.6. The van der Waals surface area contributed by atoms with Gasteiger partial charge in [0.25, 0.3) is 5.91 Å². The highest BCUT2D eigenvalue weighted by atomic mass is 79.9. The molecule has 172 valence electrons. The second-order valence-electron chi connectivity index (χ2n) is 7.73. The summed E-state index contributed by atoms with van der Waals surface area (Å²) in [6.07, 6.45) is 0. The molecule has 10 heteroatoms. The normalized spacial score (nSPS) is 14.9. The number of hydrogen-bond donors (Lipinski definition) is 0. The number of halogens is 1. The van der Waals surface area contributed by atoms with Gasteiger partial charge in [0.15, 0.2) is 11.5 Å². The molecule has 3 aromatic rings. The predicted molar refractivity (Wildman–Crippen MR) is 125 cm³/mol. The second kappa shape index (κ2) is 9.20. The summed E-state index contributed by atoms with van der Waals surface area (Å²) >= 11 is 3.35. The third-order valence-electron chi connectivity index (χ3n) is 5.60. The molecule has 1 fully saturated rings. The molecule has 33 heavy (non-hydrogen) atoms. The van der Waals surface area contributed by atoms with Crippen LogP contribution < -0.4 is 0 Å². The average molecular weight is 532 g/mol. The number of aryl methyl sites for hydroxylation is 2. The van der Waals surface area contributed by atoms with Gasteiger partial charge in [-0.15, -0.1) is 0 Å². The Kier molecular flexibility index (Phi) is 6.51. The third-order valence-corrected chi connectivity index (χ3v) is 8.27. The van der Waals surface area contributed by atoms with Crippen molar-refractivity contribution in [2.45, 2.75) is 18.7 Å². The van der Waals surface area contributed by atoms with Gasteiger partial charge in [-0.1, -0.05) is 39.3 Å². The Bertz CT molecular complexity index is 1290. The molecular weight excluding hydrogens is 510 g/mol. The Hall–Kier alpha value is -2.82. The van der Waals surface area contributed by atoms with E-state index in [1.807, 2.05) is 0 Å². The summed E-state index contributed by atoms with van der Waals surface area (Å²) < 4.78 is 33.3. The van der Waals surface area contributed by atoms with Crippen molar-refractivity contribution in [1.29, 1.82) is 0 Å². The van der Waals surface area contributed by atoms with E-state index in [1.165, 1.54) is 4.31 Å². The molecule has 1 aliphatic rings. The van der Waals surface area contributed by atoms with E-state index in [4.69, 9.17) is 4.52 Å². The van der Waals surface area contributed by atoms with Crippen LogP contribution in [-0.2, 0) is 10.0 Å². The number of nitrogens with zero attached hydrogens (tertiary/aromatic N) is 3. The number of sulfonamides is 1. The number of rotatable bonds is 5. The lowest BCUT2D eigenvalue weighted by atomic mass is 9.97. The average Bonchev–Trinajstić information content (AvgIpc) is 3.17. The second-order valence-corrected chi connectivity index (χ2v) is 10.5. The van der Waals surface area contributed by atoms with Gasteiger partial charge in [-0.2, -0.15) is 4.31 Å². The molecule has 0 spiro atoms. The fourth-order valence-corrected chi connectivity index (χ4v) is 5.88. The van der Waals surface area contributed by atoms with Gasteiger partial charge in [0.1, 0.15) is 10.6 Å². The van der Waals surface area contributed by atoms with Gasteiger partial charge in [0, 0.05) is 41.8 Å². The van der Waals surface area contributed by atoms with Crippen molar-refractivity contribution in [3.8, 4) is 0 Å². The van der Waals surface area contributed by atoms with Crippen LogP contribution in [0.2, 0.25) is 0 Å². The number of aromatic nitrogens is 1. The van der Waals surface area contributed by atoms with Gasteiger partial charge >= 0.3 is 0 Å². The molecule has 0 saturated carbocycles. The Morgan fingerprint density at radius 1 is 0.939 bits per heavy atom. The summed E-state index contributed by atoms with van der Waals surface area (Å²) in [5.41, 5.74) is 1.41. The lowest BCUT2D eigenvalue weighted by Crippen LogP contribution is -2.50. The van der Waals surface area contributed by atoms with Gasteiger partial charge in [0.05, 0.1) is 5.56 Å². The van der Waals surface area contributed by atoms with Crippen molar-refractivity contribution >= 4 is 37.6 Å². The van der Waals surface area contributed by atoms with Gasteiger partial charge in [-0.25, -0.2) is 8.42 Å². The monoisotopic (exact) mass is 531 g/mol. The quantitative estimate of drug-likeness (QED) is 0.467. The van der Waals surface area contributed by atoms with Crippen LogP contribution in [0.5, 0.6) is 0 Å². The Balaban J connectivity index is 1.52. The highest BCUT2D eigenvalue weighted by molar-refractivity contribution is 9.10.